The summed E-state index contributed by atoms with van der Waals surface area (Å²) >= 11 is 1.45. The molecule has 2 atom stereocenters. The Morgan fingerprint density at radius 1 is 1.23 bits per heavy atom. The van der Waals surface area contributed by atoms with E-state index in [4.69, 9.17) is 4.74 Å². The van der Waals surface area contributed by atoms with E-state index in [0.717, 1.165) is 23.5 Å². The number of ether oxygens (including phenoxy) is 1. The summed E-state index contributed by atoms with van der Waals surface area (Å²) in [6, 6.07) is 1.95. The molecule has 5 heterocycles. The molecule has 1 saturated heterocycles. The molecule has 9 nitrogen and oxygen atoms in total. The van der Waals surface area contributed by atoms with Gasteiger partial charge in [0.1, 0.15) is 6.10 Å². The van der Waals surface area contributed by atoms with Gasteiger partial charge in [0, 0.05) is 24.6 Å². The molecule has 1 amide bonds. The number of carbonyl (C=O) groups excluding carboxylic acids is 1. The molecule has 1 fully saturated rings. The van der Waals surface area contributed by atoms with Gasteiger partial charge in [-0.1, -0.05) is 0 Å². The minimum atomic E-state index is -0.147. The second kappa shape index (κ2) is 7.52. The van der Waals surface area contributed by atoms with Crippen LogP contribution in [0.4, 0.5) is 0 Å². The van der Waals surface area contributed by atoms with Gasteiger partial charge in [-0.15, -0.1) is 16.1 Å². The van der Waals surface area contributed by atoms with E-state index in [1.54, 1.807) is 18.6 Å². The van der Waals surface area contributed by atoms with Gasteiger partial charge in [0.25, 0.3) is 11.8 Å². The zero-order valence-electron chi connectivity index (χ0n) is 16.7. The van der Waals surface area contributed by atoms with Crippen LogP contribution in [0.1, 0.15) is 35.8 Å². The van der Waals surface area contributed by atoms with Gasteiger partial charge in [-0.2, -0.15) is 10.2 Å². The van der Waals surface area contributed by atoms with E-state index in [0.29, 0.717) is 23.6 Å². The molecule has 5 rings (SSSR count). The van der Waals surface area contributed by atoms with Crippen LogP contribution in [0.3, 0.4) is 0 Å². The summed E-state index contributed by atoms with van der Waals surface area (Å²) in [7, 11) is 0. The Hall–Kier alpha value is -3.27. The highest BCUT2D eigenvalue weighted by atomic mass is 32.1. The van der Waals surface area contributed by atoms with Crippen LogP contribution in [-0.4, -0.2) is 58.9 Å². The number of likely N-dealkylation sites (tertiary alicyclic amines) is 1. The summed E-state index contributed by atoms with van der Waals surface area (Å²) in [4.78, 5) is 25.6. The van der Waals surface area contributed by atoms with Gasteiger partial charge in [-0.25, -0.2) is 9.97 Å². The quantitative estimate of drug-likeness (QED) is 0.501. The predicted octanol–water partition coefficient (Wildman–Crippen LogP) is 2.75. The van der Waals surface area contributed by atoms with Gasteiger partial charge in [0.05, 0.1) is 30.2 Å². The van der Waals surface area contributed by atoms with Crippen molar-refractivity contribution in [1.29, 1.82) is 0 Å². The fourth-order valence-electron chi connectivity index (χ4n) is 3.81. The first-order valence-corrected chi connectivity index (χ1v) is 10.7. The summed E-state index contributed by atoms with van der Waals surface area (Å²) in [5, 5.41) is 11.0. The van der Waals surface area contributed by atoms with Crippen molar-refractivity contribution in [3.63, 3.8) is 0 Å². The van der Waals surface area contributed by atoms with Crippen LogP contribution in [0.15, 0.2) is 42.4 Å². The molecule has 0 radical (unpaired) electrons. The third kappa shape index (κ3) is 3.32. The third-order valence-electron chi connectivity index (χ3n) is 5.32. The van der Waals surface area contributed by atoms with Crippen molar-refractivity contribution in [3.8, 4) is 10.9 Å². The Morgan fingerprint density at radius 2 is 2.07 bits per heavy atom. The molecule has 0 aromatic carbocycles. The van der Waals surface area contributed by atoms with E-state index in [1.807, 2.05) is 40.1 Å². The van der Waals surface area contributed by atoms with Crippen molar-refractivity contribution >= 4 is 22.9 Å². The fraction of sp³-hybridized carbons (Fsp3) is 0.350. The summed E-state index contributed by atoms with van der Waals surface area (Å²) in [5.74, 6) is 0.460. The number of amides is 1. The lowest BCUT2D eigenvalue weighted by atomic mass is 10.0. The molecule has 4 aromatic heterocycles. The summed E-state index contributed by atoms with van der Waals surface area (Å²) < 4.78 is 8.12. The number of piperidine rings is 1. The smallest absolute Gasteiger partial charge is 0.258 e. The zero-order valence-corrected chi connectivity index (χ0v) is 17.5. The van der Waals surface area contributed by atoms with E-state index in [-0.39, 0.29) is 18.1 Å². The number of rotatable bonds is 4. The van der Waals surface area contributed by atoms with E-state index in [1.165, 1.54) is 16.1 Å². The maximum absolute atomic E-state index is 13.4. The molecule has 30 heavy (non-hydrogen) atoms. The molecule has 0 bridgehead atoms. The van der Waals surface area contributed by atoms with Gasteiger partial charge >= 0.3 is 0 Å². The van der Waals surface area contributed by atoms with Crippen molar-refractivity contribution in [2.24, 2.45) is 0 Å². The van der Waals surface area contributed by atoms with E-state index in [2.05, 4.69) is 27.1 Å². The SMILES string of the molecule is Cc1cn2ccnc(OC3CC[C@@H](C)N(C(=O)c4ccsc4-n4nccn4)C3)c2n1. The highest BCUT2D eigenvalue weighted by molar-refractivity contribution is 7.12. The molecule has 0 N–H and O–H groups in total. The molecule has 4 aromatic rings. The van der Waals surface area contributed by atoms with Gasteiger partial charge in [-0.3, -0.25) is 4.79 Å². The lowest BCUT2D eigenvalue weighted by Crippen LogP contribution is -2.49. The summed E-state index contributed by atoms with van der Waals surface area (Å²) in [5.41, 5.74) is 2.20. The third-order valence-corrected chi connectivity index (χ3v) is 6.20. The van der Waals surface area contributed by atoms with Gasteiger partial charge in [-0.05, 0) is 38.1 Å². The number of imidazole rings is 1. The number of fused-ring (bicyclic) bond motifs is 1. The Bertz CT molecular complexity index is 1180. The number of aryl methyl sites for hydroxylation is 1. The molecule has 1 aliphatic heterocycles. The first kappa shape index (κ1) is 18.7. The zero-order chi connectivity index (χ0) is 20.7. The van der Waals surface area contributed by atoms with E-state index < -0.39 is 0 Å². The Balaban J connectivity index is 1.38. The van der Waals surface area contributed by atoms with Gasteiger partial charge in [0.15, 0.2) is 5.00 Å². The topological polar surface area (TPSA) is 90.4 Å². The monoisotopic (exact) mass is 423 g/mol. The predicted molar refractivity (Wildman–Crippen MR) is 111 cm³/mol. The molecule has 0 saturated carbocycles. The lowest BCUT2D eigenvalue weighted by molar-refractivity contribution is 0.0376. The van der Waals surface area contributed by atoms with Crippen molar-refractivity contribution in [2.75, 3.05) is 6.54 Å². The molecular weight excluding hydrogens is 402 g/mol. The average molecular weight is 424 g/mol. The standard InChI is InChI=1S/C20H21N7O2S/c1-13-11-25-9-8-21-18(17(25)24-13)29-15-4-3-14(2)26(12-15)19(28)16-5-10-30-20(16)27-22-6-7-23-27/h5-11,14-15H,3-4,12H2,1-2H3/t14-,15?/m1/s1. The molecule has 10 heteroatoms. The van der Waals surface area contributed by atoms with Crippen molar-refractivity contribution in [2.45, 2.75) is 38.8 Å². The van der Waals surface area contributed by atoms with Crippen LogP contribution in [0.5, 0.6) is 5.88 Å². The Labute approximate surface area is 176 Å². The van der Waals surface area contributed by atoms with Crippen LogP contribution < -0.4 is 4.74 Å². The highest BCUT2D eigenvalue weighted by Crippen LogP contribution is 2.28. The molecular formula is C20H21N7O2S. The second-order valence-electron chi connectivity index (χ2n) is 7.43. The van der Waals surface area contributed by atoms with Crippen LogP contribution in [0.25, 0.3) is 10.6 Å². The summed E-state index contributed by atoms with van der Waals surface area (Å²) in [6.45, 7) is 4.50. The normalized spacial score (nSPS) is 19.3. The highest BCUT2D eigenvalue weighted by Gasteiger charge is 2.33. The molecule has 0 aliphatic carbocycles. The molecule has 1 unspecified atom stereocenters. The molecule has 1 aliphatic rings. The van der Waals surface area contributed by atoms with Crippen LogP contribution in [-0.2, 0) is 0 Å². The van der Waals surface area contributed by atoms with Crippen LogP contribution in [0.2, 0.25) is 0 Å². The first-order valence-electron chi connectivity index (χ1n) is 9.82. The number of thiophene rings is 1. The van der Waals surface area contributed by atoms with E-state index in [9.17, 15) is 4.79 Å². The van der Waals surface area contributed by atoms with Crippen molar-refractivity contribution in [3.05, 3.63) is 53.7 Å². The fourth-order valence-corrected chi connectivity index (χ4v) is 4.61. The number of aromatic nitrogens is 6. The Kier molecular flexibility index (Phi) is 4.70. The van der Waals surface area contributed by atoms with E-state index >= 15 is 0 Å². The maximum Gasteiger partial charge on any atom is 0.258 e. The van der Waals surface area contributed by atoms with Crippen LogP contribution >= 0.6 is 11.3 Å². The van der Waals surface area contributed by atoms with Crippen LogP contribution in [0, 0.1) is 6.92 Å². The summed E-state index contributed by atoms with van der Waals surface area (Å²) in [6.07, 6.45) is 10.3. The number of hydrogen-bond donors (Lipinski definition) is 0. The minimum Gasteiger partial charge on any atom is -0.470 e. The largest absolute Gasteiger partial charge is 0.470 e. The van der Waals surface area contributed by atoms with Gasteiger partial charge in [0.2, 0.25) is 5.65 Å². The van der Waals surface area contributed by atoms with Crippen molar-refractivity contribution in [1.82, 2.24) is 34.3 Å². The minimum absolute atomic E-state index is 0.0350. The van der Waals surface area contributed by atoms with Crippen molar-refractivity contribution < 1.29 is 9.53 Å². The average Bonchev–Trinajstić information content (AvgIpc) is 3.48. The molecule has 0 spiro atoms. The molecule has 154 valence electrons. The number of nitrogens with zero attached hydrogens (tertiary/aromatic N) is 7. The second-order valence-corrected chi connectivity index (χ2v) is 8.32. The Morgan fingerprint density at radius 3 is 2.90 bits per heavy atom. The maximum atomic E-state index is 13.4. The lowest BCUT2D eigenvalue weighted by Gasteiger charge is -2.37. The number of carbonyl (C=O) groups is 1. The first-order chi connectivity index (χ1) is 14.6. The number of hydrogen-bond acceptors (Lipinski definition) is 7. The van der Waals surface area contributed by atoms with Gasteiger partial charge < -0.3 is 14.0 Å².